The van der Waals surface area contributed by atoms with Crippen molar-refractivity contribution in [2.45, 2.75) is 26.1 Å². The number of para-hydroxylation sites is 2. The van der Waals surface area contributed by atoms with Crippen LogP contribution in [0.4, 0.5) is 0 Å². The molecular weight excluding hydrogens is 258 g/mol. The summed E-state index contributed by atoms with van der Waals surface area (Å²) in [5.41, 5.74) is 3.75. The lowest BCUT2D eigenvalue weighted by atomic mass is 10.1. The molecule has 4 rings (SSSR count). The summed E-state index contributed by atoms with van der Waals surface area (Å²) in [6.07, 6.45) is 0. The van der Waals surface area contributed by atoms with Gasteiger partial charge in [-0.1, -0.05) is 42.5 Å². The molecule has 0 radical (unpaired) electrons. The minimum Gasteiger partial charge on any atom is -0.326 e. The highest BCUT2D eigenvalue weighted by Gasteiger charge is 2.23. The van der Waals surface area contributed by atoms with Crippen LogP contribution in [0.1, 0.15) is 24.4 Å². The van der Waals surface area contributed by atoms with Crippen molar-refractivity contribution in [3.8, 4) is 0 Å². The van der Waals surface area contributed by atoms with Crippen LogP contribution in [-0.2, 0) is 13.1 Å². The second-order valence-corrected chi connectivity index (χ2v) is 5.73. The van der Waals surface area contributed by atoms with Gasteiger partial charge in [-0.05, 0) is 24.6 Å². The van der Waals surface area contributed by atoms with Gasteiger partial charge in [0.25, 0.3) is 0 Å². The standard InChI is InChI=1S/C18H19N3/c1-14(15-7-3-2-4-8-15)20-11-12-21-17-10-6-5-9-16(17)19-18(21)13-20/h2-10,14H,11-13H2,1H3/t14-/m1/s1. The Morgan fingerprint density at radius 2 is 1.71 bits per heavy atom. The van der Waals surface area contributed by atoms with Crippen LogP contribution in [0, 0.1) is 0 Å². The Kier molecular flexibility index (Phi) is 3.00. The number of benzene rings is 2. The van der Waals surface area contributed by atoms with E-state index in [-0.39, 0.29) is 0 Å². The lowest BCUT2D eigenvalue weighted by molar-refractivity contribution is 0.165. The molecule has 3 heteroatoms. The molecule has 0 saturated carbocycles. The summed E-state index contributed by atoms with van der Waals surface area (Å²) < 4.78 is 2.36. The molecule has 0 N–H and O–H groups in total. The Balaban J connectivity index is 1.65. The van der Waals surface area contributed by atoms with E-state index >= 15 is 0 Å². The molecule has 0 fully saturated rings. The molecule has 2 heterocycles. The Labute approximate surface area is 124 Å². The van der Waals surface area contributed by atoms with Crippen LogP contribution in [0.25, 0.3) is 11.0 Å². The monoisotopic (exact) mass is 277 g/mol. The zero-order valence-corrected chi connectivity index (χ0v) is 12.2. The largest absolute Gasteiger partial charge is 0.326 e. The van der Waals surface area contributed by atoms with Crippen molar-refractivity contribution in [3.05, 3.63) is 66.0 Å². The van der Waals surface area contributed by atoms with Crippen molar-refractivity contribution in [2.24, 2.45) is 0 Å². The van der Waals surface area contributed by atoms with Crippen LogP contribution in [-0.4, -0.2) is 21.0 Å². The molecule has 0 amide bonds. The van der Waals surface area contributed by atoms with E-state index in [9.17, 15) is 0 Å². The molecule has 1 atom stereocenters. The quantitative estimate of drug-likeness (QED) is 0.713. The van der Waals surface area contributed by atoms with Gasteiger partial charge in [0.05, 0.1) is 17.6 Å². The Morgan fingerprint density at radius 1 is 0.952 bits per heavy atom. The highest BCUT2D eigenvalue weighted by Crippen LogP contribution is 2.27. The van der Waals surface area contributed by atoms with E-state index in [0.717, 1.165) is 25.2 Å². The predicted molar refractivity (Wildman–Crippen MR) is 85.0 cm³/mol. The maximum absolute atomic E-state index is 4.80. The van der Waals surface area contributed by atoms with Gasteiger partial charge in [-0.3, -0.25) is 4.90 Å². The molecule has 3 nitrogen and oxygen atoms in total. The van der Waals surface area contributed by atoms with Crippen molar-refractivity contribution in [2.75, 3.05) is 6.54 Å². The van der Waals surface area contributed by atoms with Crippen LogP contribution >= 0.6 is 0 Å². The van der Waals surface area contributed by atoms with Gasteiger partial charge in [-0.2, -0.15) is 0 Å². The molecule has 1 aliphatic rings. The van der Waals surface area contributed by atoms with Crippen molar-refractivity contribution < 1.29 is 0 Å². The molecule has 1 aliphatic heterocycles. The molecule has 0 saturated heterocycles. The second-order valence-electron chi connectivity index (χ2n) is 5.73. The summed E-state index contributed by atoms with van der Waals surface area (Å²) in [4.78, 5) is 7.31. The van der Waals surface area contributed by atoms with Crippen LogP contribution in [0.15, 0.2) is 54.6 Å². The number of rotatable bonds is 2. The third kappa shape index (κ3) is 2.14. The highest BCUT2D eigenvalue weighted by molar-refractivity contribution is 5.75. The van der Waals surface area contributed by atoms with Crippen LogP contribution in [0.5, 0.6) is 0 Å². The van der Waals surface area contributed by atoms with Crippen molar-refractivity contribution in [1.82, 2.24) is 14.5 Å². The minimum absolute atomic E-state index is 0.430. The first kappa shape index (κ1) is 12.6. The van der Waals surface area contributed by atoms with E-state index in [1.54, 1.807) is 0 Å². The normalized spacial score (nSPS) is 16.8. The third-order valence-electron chi connectivity index (χ3n) is 4.52. The summed E-state index contributed by atoms with van der Waals surface area (Å²) in [5, 5.41) is 0. The first-order chi connectivity index (χ1) is 10.3. The Hall–Kier alpha value is -2.13. The SMILES string of the molecule is C[C@H](c1ccccc1)N1CCn2c(nc3ccccc32)C1. The lowest BCUT2D eigenvalue weighted by Gasteiger charge is -2.33. The maximum Gasteiger partial charge on any atom is 0.124 e. The van der Waals surface area contributed by atoms with Crippen LogP contribution in [0.2, 0.25) is 0 Å². The van der Waals surface area contributed by atoms with Gasteiger partial charge >= 0.3 is 0 Å². The number of fused-ring (bicyclic) bond motifs is 3. The van der Waals surface area contributed by atoms with Gasteiger partial charge in [0, 0.05) is 19.1 Å². The number of aromatic nitrogens is 2. The fourth-order valence-electron chi connectivity index (χ4n) is 3.26. The highest BCUT2D eigenvalue weighted by atomic mass is 15.3. The number of hydrogen-bond acceptors (Lipinski definition) is 2. The van der Waals surface area contributed by atoms with Gasteiger partial charge in [-0.25, -0.2) is 4.98 Å². The number of hydrogen-bond donors (Lipinski definition) is 0. The van der Waals surface area contributed by atoms with Crippen molar-refractivity contribution in [1.29, 1.82) is 0 Å². The number of nitrogens with zero attached hydrogens (tertiary/aromatic N) is 3. The van der Waals surface area contributed by atoms with Crippen molar-refractivity contribution in [3.63, 3.8) is 0 Å². The average Bonchev–Trinajstić information content (AvgIpc) is 2.92. The zero-order chi connectivity index (χ0) is 14.2. The summed E-state index contributed by atoms with van der Waals surface area (Å²) in [5.74, 6) is 1.19. The summed E-state index contributed by atoms with van der Waals surface area (Å²) in [7, 11) is 0. The fraction of sp³-hybridized carbons (Fsp3) is 0.278. The van der Waals surface area contributed by atoms with E-state index in [1.807, 2.05) is 0 Å². The van der Waals surface area contributed by atoms with Gasteiger partial charge in [0.2, 0.25) is 0 Å². The van der Waals surface area contributed by atoms with Gasteiger partial charge in [0.1, 0.15) is 5.82 Å². The summed E-state index contributed by atoms with van der Waals surface area (Å²) >= 11 is 0. The smallest absolute Gasteiger partial charge is 0.124 e. The Morgan fingerprint density at radius 3 is 2.57 bits per heavy atom. The molecule has 0 aliphatic carbocycles. The van der Waals surface area contributed by atoms with Crippen LogP contribution in [0.3, 0.4) is 0 Å². The molecule has 0 spiro atoms. The van der Waals surface area contributed by atoms with Gasteiger partial charge < -0.3 is 4.57 Å². The lowest BCUT2D eigenvalue weighted by Crippen LogP contribution is -2.35. The molecule has 21 heavy (non-hydrogen) atoms. The zero-order valence-electron chi connectivity index (χ0n) is 12.2. The molecule has 1 aromatic heterocycles. The maximum atomic E-state index is 4.80. The van der Waals surface area contributed by atoms with E-state index in [4.69, 9.17) is 4.98 Å². The van der Waals surface area contributed by atoms with Crippen molar-refractivity contribution >= 4 is 11.0 Å². The van der Waals surface area contributed by atoms with Gasteiger partial charge in [-0.15, -0.1) is 0 Å². The summed E-state index contributed by atoms with van der Waals surface area (Å²) in [6.45, 7) is 5.30. The second kappa shape index (κ2) is 5.01. The van der Waals surface area contributed by atoms with E-state index in [0.29, 0.717) is 6.04 Å². The van der Waals surface area contributed by atoms with Crippen LogP contribution < -0.4 is 0 Å². The fourth-order valence-corrected chi connectivity index (χ4v) is 3.26. The average molecular weight is 277 g/mol. The molecule has 106 valence electrons. The summed E-state index contributed by atoms with van der Waals surface area (Å²) in [6, 6.07) is 19.6. The molecule has 0 unspecified atom stereocenters. The first-order valence-electron chi connectivity index (χ1n) is 7.56. The van der Waals surface area contributed by atoms with E-state index < -0.39 is 0 Å². The van der Waals surface area contributed by atoms with E-state index in [2.05, 4.69) is 71.0 Å². The van der Waals surface area contributed by atoms with Gasteiger partial charge in [0.15, 0.2) is 0 Å². The Bertz CT molecular complexity index is 760. The topological polar surface area (TPSA) is 21.1 Å². The third-order valence-corrected chi connectivity index (χ3v) is 4.52. The molecule has 0 bridgehead atoms. The minimum atomic E-state index is 0.430. The predicted octanol–water partition coefficient (Wildman–Crippen LogP) is 3.61. The van der Waals surface area contributed by atoms with E-state index in [1.165, 1.54) is 16.9 Å². The first-order valence-corrected chi connectivity index (χ1v) is 7.56. The molecule has 3 aromatic rings. The number of imidazole rings is 1. The molecular formula is C18H19N3. The molecule has 2 aromatic carbocycles.